The molecule has 0 fully saturated rings. The summed E-state index contributed by atoms with van der Waals surface area (Å²) in [6.07, 6.45) is 0. The highest BCUT2D eigenvalue weighted by molar-refractivity contribution is 6.13. The van der Waals surface area contributed by atoms with E-state index in [0.29, 0.717) is 55.9 Å². The van der Waals surface area contributed by atoms with E-state index in [4.69, 9.17) is 9.97 Å². The fourth-order valence-corrected chi connectivity index (χ4v) is 9.52. The minimum atomic E-state index is 0.354. The van der Waals surface area contributed by atoms with Gasteiger partial charge in [-0.25, -0.2) is 9.97 Å². The van der Waals surface area contributed by atoms with E-state index < -0.39 is 0 Å². The first-order valence-electron chi connectivity index (χ1n) is 23.0. The van der Waals surface area contributed by atoms with Crippen molar-refractivity contribution in [3.8, 4) is 121 Å². The lowest BCUT2D eigenvalue weighted by molar-refractivity contribution is 1.17. The van der Waals surface area contributed by atoms with Crippen molar-refractivity contribution in [1.82, 2.24) is 14.5 Å². The summed E-state index contributed by atoms with van der Waals surface area (Å²) in [6.45, 7) is 0. The van der Waals surface area contributed by atoms with Crippen molar-refractivity contribution < 1.29 is 0 Å². The largest absolute Gasteiger partial charge is 0.308 e. The number of hydrogen-bond donors (Lipinski definition) is 0. The zero-order valence-corrected chi connectivity index (χ0v) is 38.6. The van der Waals surface area contributed by atoms with Crippen molar-refractivity contribution in [2.45, 2.75) is 0 Å². The molecule has 0 aliphatic heterocycles. The number of benzene rings is 9. The van der Waals surface area contributed by atoms with E-state index in [1.807, 2.05) is 127 Å². The van der Waals surface area contributed by atoms with Gasteiger partial charge in [-0.2, -0.15) is 31.6 Å². The molecule has 0 saturated heterocycles. The molecule has 0 N–H and O–H groups in total. The summed E-state index contributed by atoms with van der Waals surface area (Å²) in [5.41, 5.74) is 14.6. The molecular formula is C64H33N9. The Balaban J connectivity index is 1.28. The van der Waals surface area contributed by atoms with Gasteiger partial charge < -0.3 is 4.57 Å². The van der Waals surface area contributed by atoms with Crippen LogP contribution in [0.1, 0.15) is 33.4 Å². The van der Waals surface area contributed by atoms with Gasteiger partial charge in [0.15, 0.2) is 5.82 Å². The maximum atomic E-state index is 10.3. The molecule has 0 unspecified atom stereocenters. The lowest BCUT2D eigenvalue weighted by Crippen LogP contribution is -2.03. The number of rotatable bonds is 8. The quantitative estimate of drug-likeness (QED) is 0.145. The molecule has 0 bridgehead atoms. The van der Waals surface area contributed by atoms with Crippen LogP contribution in [0.4, 0.5) is 0 Å². The Morgan fingerprint density at radius 3 is 1.07 bits per heavy atom. The van der Waals surface area contributed by atoms with Crippen LogP contribution in [0.3, 0.4) is 0 Å². The molecular weight excluding hydrogens is 895 g/mol. The van der Waals surface area contributed by atoms with Crippen molar-refractivity contribution >= 4 is 21.8 Å². The molecule has 0 radical (unpaired) electrons. The second kappa shape index (κ2) is 18.7. The number of nitrogens with zero attached hydrogens (tertiary/aromatic N) is 9. The van der Waals surface area contributed by atoms with E-state index >= 15 is 0 Å². The van der Waals surface area contributed by atoms with Crippen molar-refractivity contribution in [3.05, 3.63) is 234 Å². The first-order chi connectivity index (χ1) is 35.8. The molecule has 11 aromatic rings. The number of aromatic nitrogens is 3. The van der Waals surface area contributed by atoms with Gasteiger partial charge in [0.25, 0.3) is 0 Å². The molecule has 0 aliphatic rings. The molecule has 73 heavy (non-hydrogen) atoms. The maximum absolute atomic E-state index is 10.3. The van der Waals surface area contributed by atoms with Crippen LogP contribution in [0, 0.1) is 68.0 Å². The minimum absolute atomic E-state index is 0.354. The van der Waals surface area contributed by atoms with Gasteiger partial charge >= 0.3 is 0 Å². The molecule has 11 rings (SSSR count). The predicted molar refractivity (Wildman–Crippen MR) is 283 cm³/mol. The van der Waals surface area contributed by atoms with E-state index in [2.05, 4.69) is 65.2 Å². The Kier molecular flexibility index (Phi) is 11.4. The molecule has 0 atom stereocenters. The molecule has 0 amide bonds. The van der Waals surface area contributed by atoms with Crippen LogP contribution in [0.2, 0.25) is 0 Å². The summed E-state index contributed by atoms with van der Waals surface area (Å²) in [5.74, 6) is 0.464. The molecule has 2 aromatic heterocycles. The lowest BCUT2D eigenvalue weighted by Gasteiger charge is -2.21. The second-order valence-corrected chi connectivity index (χ2v) is 17.3. The second-order valence-electron chi connectivity index (χ2n) is 17.3. The third-order valence-corrected chi connectivity index (χ3v) is 12.9. The number of nitriles is 6. The van der Waals surface area contributed by atoms with Crippen molar-refractivity contribution in [1.29, 1.82) is 31.6 Å². The predicted octanol–water partition coefficient (Wildman–Crippen LogP) is 14.5. The van der Waals surface area contributed by atoms with Crippen LogP contribution < -0.4 is 0 Å². The molecule has 334 valence electrons. The summed E-state index contributed by atoms with van der Waals surface area (Å²) >= 11 is 0. The molecule has 0 aliphatic carbocycles. The smallest absolute Gasteiger partial charge is 0.160 e. The molecule has 2 heterocycles. The van der Waals surface area contributed by atoms with Crippen LogP contribution in [0.25, 0.3) is 106 Å². The van der Waals surface area contributed by atoms with Crippen molar-refractivity contribution in [3.63, 3.8) is 0 Å². The maximum Gasteiger partial charge on any atom is 0.160 e. The van der Waals surface area contributed by atoms with Gasteiger partial charge in [0.05, 0.1) is 97.9 Å². The van der Waals surface area contributed by atoms with Crippen molar-refractivity contribution in [2.75, 3.05) is 0 Å². The molecule has 9 aromatic carbocycles. The summed E-state index contributed by atoms with van der Waals surface area (Å²) in [6, 6.07) is 76.7. The highest BCUT2D eigenvalue weighted by atomic mass is 15.0. The third kappa shape index (κ3) is 8.34. The summed E-state index contributed by atoms with van der Waals surface area (Å²) in [7, 11) is 0. The van der Waals surface area contributed by atoms with E-state index in [-0.39, 0.29) is 0 Å². The van der Waals surface area contributed by atoms with Gasteiger partial charge in [0.1, 0.15) is 0 Å². The van der Waals surface area contributed by atoms with Crippen molar-refractivity contribution in [2.24, 2.45) is 0 Å². The van der Waals surface area contributed by atoms with Crippen LogP contribution in [0.15, 0.2) is 200 Å². The Bertz CT molecular complexity index is 4000. The number of hydrogen-bond acceptors (Lipinski definition) is 8. The Morgan fingerprint density at radius 1 is 0.288 bits per heavy atom. The average molecular weight is 928 g/mol. The normalized spacial score (nSPS) is 10.7. The van der Waals surface area contributed by atoms with Gasteiger partial charge in [-0.15, -0.1) is 0 Å². The molecule has 9 heteroatoms. The van der Waals surface area contributed by atoms with E-state index in [0.717, 1.165) is 83.4 Å². The molecule has 0 saturated carbocycles. The monoisotopic (exact) mass is 927 g/mol. The van der Waals surface area contributed by atoms with E-state index in [1.165, 1.54) is 0 Å². The Hall–Kier alpha value is -11.2. The highest BCUT2D eigenvalue weighted by Gasteiger charge is 2.24. The fourth-order valence-electron chi connectivity index (χ4n) is 9.52. The Labute approximate surface area is 420 Å². The van der Waals surface area contributed by atoms with Gasteiger partial charge in [-0.3, -0.25) is 0 Å². The summed E-state index contributed by atoms with van der Waals surface area (Å²) in [5, 5.41) is 62.2. The zero-order chi connectivity index (χ0) is 50.0. The standard InChI is InChI=1S/C64H33N9/c65-34-40-9-7-15-50(23-40)55-31-54(64-71-59(46-11-3-1-4-12-46)33-60(72-64)47-13-5-2-6-14-47)32-56(51-16-8-10-41(24-51)35-66)63(55)73-61-19-17-48(52-25-42(36-67)21-43(26-52)37-68)29-57(61)58-30-49(18-20-62(58)73)53-27-44(38-69)22-45(28-53)39-70/h1-33H. The SMILES string of the molecule is N#Cc1cc(C#N)cc(-c2ccc3c(c2)c2cc(-c4cc(C#N)cc(C#N)c4)ccc2n3-c2c(-c3cccc(C#N)c3)cc(-c3nc(-c4ccccc4)cc(-c4ccccc4)n3)cc2-c2cccc(C#N)c2)c1. The number of fused-ring (bicyclic) bond motifs is 3. The van der Waals surface area contributed by atoms with E-state index in [1.54, 1.807) is 48.5 Å². The van der Waals surface area contributed by atoms with Gasteiger partial charge in [-0.05, 0) is 137 Å². The highest BCUT2D eigenvalue weighted by Crippen LogP contribution is 2.46. The molecule has 0 spiro atoms. The van der Waals surface area contributed by atoms with Gasteiger partial charge in [0.2, 0.25) is 0 Å². The van der Waals surface area contributed by atoms with Crippen LogP contribution in [-0.2, 0) is 0 Å². The fraction of sp³-hybridized carbons (Fsp3) is 0. The Morgan fingerprint density at radius 2 is 0.671 bits per heavy atom. The van der Waals surface area contributed by atoms with Crippen LogP contribution in [-0.4, -0.2) is 14.5 Å². The topological polar surface area (TPSA) is 173 Å². The van der Waals surface area contributed by atoms with Crippen LogP contribution >= 0.6 is 0 Å². The van der Waals surface area contributed by atoms with E-state index in [9.17, 15) is 31.6 Å². The van der Waals surface area contributed by atoms with Crippen LogP contribution in [0.5, 0.6) is 0 Å². The lowest BCUT2D eigenvalue weighted by atomic mass is 9.91. The molecule has 9 nitrogen and oxygen atoms in total. The summed E-state index contributed by atoms with van der Waals surface area (Å²) in [4.78, 5) is 10.5. The first-order valence-corrected chi connectivity index (χ1v) is 23.0. The average Bonchev–Trinajstić information content (AvgIpc) is 3.79. The summed E-state index contributed by atoms with van der Waals surface area (Å²) < 4.78 is 2.19. The van der Waals surface area contributed by atoms with Gasteiger partial charge in [-0.1, -0.05) is 97.1 Å². The zero-order valence-electron chi connectivity index (χ0n) is 38.6. The third-order valence-electron chi connectivity index (χ3n) is 12.9. The first kappa shape index (κ1) is 44.3. The van der Waals surface area contributed by atoms with Gasteiger partial charge in [0, 0.05) is 38.6 Å². The minimum Gasteiger partial charge on any atom is -0.308 e.